The van der Waals surface area contributed by atoms with E-state index in [9.17, 15) is 0 Å². The molecule has 0 heterocycles. The van der Waals surface area contributed by atoms with Gasteiger partial charge in [-0.05, 0) is 40.5 Å². The van der Waals surface area contributed by atoms with Crippen molar-refractivity contribution in [1.82, 2.24) is 0 Å². The normalized spacial score (nSPS) is 14.4. The van der Waals surface area contributed by atoms with E-state index >= 15 is 0 Å². The first-order chi connectivity index (χ1) is 7.02. The van der Waals surface area contributed by atoms with E-state index in [2.05, 4.69) is 52.0 Å². The number of hydrogen-bond acceptors (Lipinski definition) is 0. The fourth-order valence-electron chi connectivity index (χ4n) is 2.34. The lowest BCUT2D eigenvalue weighted by atomic mass is 9.81. The minimum Gasteiger partial charge on any atom is -0.0795 e. The highest BCUT2D eigenvalue weighted by molar-refractivity contribution is 5.62. The molecule has 0 saturated heterocycles. The van der Waals surface area contributed by atoms with Crippen molar-refractivity contribution >= 4 is 6.08 Å². The molecule has 0 bridgehead atoms. The molecule has 0 fully saturated rings. The second kappa shape index (κ2) is 3.52. The molecule has 0 atom stereocenters. The van der Waals surface area contributed by atoms with E-state index in [1.54, 1.807) is 0 Å². The highest BCUT2D eigenvalue weighted by atomic mass is 14.2. The molecule has 1 aromatic rings. The summed E-state index contributed by atoms with van der Waals surface area (Å²) in [5.74, 6) is 0. The third kappa shape index (κ3) is 1.86. The van der Waals surface area contributed by atoms with Gasteiger partial charge in [0.2, 0.25) is 0 Å². The second-order valence-electron chi connectivity index (χ2n) is 5.42. The molecule has 0 N–H and O–H groups in total. The molecule has 0 radical (unpaired) electrons. The number of aryl methyl sites for hydroxylation is 1. The fraction of sp³-hybridized carbons (Fsp3) is 0.467. The Kier molecular flexibility index (Phi) is 2.46. The highest BCUT2D eigenvalue weighted by Crippen LogP contribution is 2.31. The van der Waals surface area contributed by atoms with Gasteiger partial charge < -0.3 is 0 Å². The Balaban J connectivity index is 2.57. The SMILES string of the molecule is CCc1cc2c(cc1C(C)(C)C)CC=C2. The van der Waals surface area contributed by atoms with E-state index < -0.39 is 0 Å². The van der Waals surface area contributed by atoms with Gasteiger partial charge in [-0.2, -0.15) is 0 Å². The molecule has 0 saturated carbocycles. The summed E-state index contributed by atoms with van der Waals surface area (Å²) in [5, 5.41) is 0. The van der Waals surface area contributed by atoms with E-state index in [1.807, 2.05) is 0 Å². The van der Waals surface area contributed by atoms with Crippen molar-refractivity contribution in [3.05, 3.63) is 40.5 Å². The van der Waals surface area contributed by atoms with Crippen molar-refractivity contribution < 1.29 is 0 Å². The summed E-state index contributed by atoms with van der Waals surface area (Å²) in [4.78, 5) is 0. The predicted molar refractivity (Wildman–Crippen MR) is 67.3 cm³/mol. The van der Waals surface area contributed by atoms with Crippen molar-refractivity contribution in [2.75, 3.05) is 0 Å². The van der Waals surface area contributed by atoms with E-state index in [0.29, 0.717) is 0 Å². The maximum atomic E-state index is 2.41. The molecule has 0 nitrogen and oxygen atoms in total. The van der Waals surface area contributed by atoms with Gasteiger partial charge in [0, 0.05) is 0 Å². The zero-order chi connectivity index (χ0) is 11.1. The van der Waals surface area contributed by atoms with Crippen LogP contribution >= 0.6 is 0 Å². The number of allylic oxidation sites excluding steroid dienone is 1. The van der Waals surface area contributed by atoms with Crippen LogP contribution in [0.3, 0.4) is 0 Å². The van der Waals surface area contributed by atoms with Crippen LogP contribution < -0.4 is 0 Å². The van der Waals surface area contributed by atoms with Crippen LogP contribution in [-0.4, -0.2) is 0 Å². The Morgan fingerprint density at radius 3 is 2.53 bits per heavy atom. The molecule has 1 aliphatic rings. The lowest BCUT2D eigenvalue weighted by Gasteiger charge is -2.24. The summed E-state index contributed by atoms with van der Waals surface area (Å²) < 4.78 is 0. The summed E-state index contributed by atoms with van der Waals surface area (Å²) in [6, 6.07) is 4.79. The van der Waals surface area contributed by atoms with Crippen LogP contribution in [0.1, 0.15) is 49.9 Å². The molecule has 2 rings (SSSR count). The van der Waals surface area contributed by atoms with Crippen molar-refractivity contribution in [3.8, 4) is 0 Å². The van der Waals surface area contributed by atoms with Crippen molar-refractivity contribution in [2.24, 2.45) is 0 Å². The molecule has 0 amide bonds. The standard InChI is InChI=1S/C15H20/c1-5-11-9-12-7-6-8-13(12)10-14(11)15(2,3)4/h6-7,9-10H,5,8H2,1-4H3. The van der Waals surface area contributed by atoms with E-state index in [1.165, 1.54) is 22.3 Å². The highest BCUT2D eigenvalue weighted by Gasteiger charge is 2.19. The molecule has 0 aromatic heterocycles. The smallest absolute Gasteiger partial charge is 0.00881 e. The van der Waals surface area contributed by atoms with E-state index in [0.717, 1.165) is 12.8 Å². The molecular weight excluding hydrogens is 180 g/mol. The van der Waals surface area contributed by atoms with Gasteiger partial charge in [-0.1, -0.05) is 52.0 Å². The minimum atomic E-state index is 0.267. The summed E-state index contributed by atoms with van der Waals surface area (Å²) in [6.45, 7) is 9.15. The first kappa shape index (κ1) is 10.5. The van der Waals surface area contributed by atoms with Gasteiger partial charge in [-0.15, -0.1) is 0 Å². The second-order valence-corrected chi connectivity index (χ2v) is 5.42. The number of hydrogen-bond donors (Lipinski definition) is 0. The van der Waals surface area contributed by atoms with E-state index in [-0.39, 0.29) is 5.41 Å². The molecule has 0 aliphatic heterocycles. The maximum Gasteiger partial charge on any atom is -0.00881 e. The van der Waals surface area contributed by atoms with Crippen LogP contribution in [-0.2, 0) is 18.3 Å². The average molecular weight is 200 g/mol. The maximum absolute atomic E-state index is 2.41. The summed E-state index contributed by atoms with van der Waals surface area (Å²) in [5.41, 5.74) is 6.22. The molecule has 1 aromatic carbocycles. The zero-order valence-corrected chi connectivity index (χ0v) is 10.2. The van der Waals surface area contributed by atoms with Crippen LogP contribution in [0.2, 0.25) is 0 Å². The van der Waals surface area contributed by atoms with Gasteiger partial charge >= 0.3 is 0 Å². The van der Waals surface area contributed by atoms with Gasteiger partial charge in [0.05, 0.1) is 0 Å². The van der Waals surface area contributed by atoms with Crippen LogP contribution in [0, 0.1) is 0 Å². The van der Waals surface area contributed by atoms with Crippen molar-refractivity contribution in [2.45, 2.75) is 46.0 Å². The molecule has 80 valence electrons. The molecule has 0 unspecified atom stereocenters. The lowest BCUT2D eigenvalue weighted by Crippen LogP contribution is -2.14. The number of fused-ring (bicyclic) bond motifs is 1. The fourth-order valence-corrected chi connectivity index (χ4v) is 2.34. The third-order valence-electron chi connectivity index (χ3n) is 3.19. The predicted octanol–water partition coefficient (Wildman–Crippen LogP) is 4.12. The van der Waals surface area contributed by atoms with Gasteiger partial charge in [0.1, 0.15) is 0 Å². The van der Waals surface area contributed by atoms with Crippen molar-refractivity contribution in [3.63, 3.8) is 0 Å². The molecular formula is C15H20. The Labute approximate surface area is 93.0 Å². The average Bonchev–Trinajstić information content (AvgIpc) is 2.60. The van der Waals surface area contributed by atoms with Gasteiger partial charge in [0.25, 0.3) is 0 Å². The molecule has 15 heavy (non-hydrogen) atoms. The van der Waals surface area contributed by atoms with E-state index in [4.69, 9.17) is 0 Å². The number of benzene rings is 1. The summed E-state index contributed by atoms with van der Waals surface area (Å²) in [7, 11) is 0. The largest absolute Gasteiger partial charge is 0.0795 e. The van der Waals surface area contributed by atoms with Crippen LogP contribution in [0.4, 0.5) is 0 Å². The minimum absolute atomic E-state index is 0.267. The van der Waals surface area contributed by atoms with Crippen molar-refractivity contribution in [1.29, 1.82) is 0 Å². The van der Waals surface area contributed by atoms with Gasteiger partial charge in [0.15, 0.2) is 0 Å². The molecule has 0 spiro atoms. The number of rotatable bonds is 1. The third-order valence-corrected chi connectivity index (χ3v) is 3.19. The Bertz CT molecular complexity index is 403. The van der Waals surface area contributed by atoms with Gasteiger partial charge in [-0.25, -0.2) is 0 Å². The monoisotopic (exact) mass is 200 g/mol. The molecule has 1 aliphatic carbocycles. The Morgan fingerprint density at radius 1 is 1.20 bits per heavy atom. The lowest BCUT2D eigenvalue weighted by molar-refractivity contribution is 0.582. The Hall–Kier alpha value is -1.04. The van der Waals surface area contributed by atoms with Gasteiger partial charge in [-0.3, -0.25) is 0 Å². The summed E-state index contributed by atoms with van der Waals surface area (Å²) >= 11 is 0. The molecule has 0 heteroatoms. The zero-order valence-electron chi connectivity index (χ0n) is 10.2. The first-order valence-electron chi connectivity index (χ1n) is 5.85. The topological polar surface area (TPSA) is 0 Å². The quantitative estimate of drug-likeness (QED) is 0.640. The van der Waals surface area contributed by atoms with Crippen LogP contribution in [0.25, 0.3) is 6.08 Å². The van der Waals surface area contributed by atoms with Crippen LogP contribution in [0.15, 0.2) is 18.2 Å². The first-order valence-corrected chi connectivity index (χ1v) is 5.85. The Morgan fingerprint density at radius 2 is 1.93 bits per heavy atom. The van der Waals surface area contributed by atoms with Crippen LogP contribution in [0.5, 0.6) is 0 Å². The summed E-state index contributed by atoms with van der Waals surface area (Å²) in [6.07, 6.45) is 6.76.